The third-order valence-corrected chi connectivity index (χ3v) is 4.88. The third-order valence-electron chi connectivity index (χ3n) is 2.89. The summed E-state index contributed by atoms with van der Waals surface area (Å²) in [7, 11) is 0. The lowest BCUT2D eigenvalue weighted by Crippen LogP contribution is -1.98. The van der Waals surface area contributed by atoms with Gasteiger partial charge >= 0.3 is 0 Å². The van der Waals surface area contributed by atoms with Crippen LogP contribution in [0.5, 0.6) is 5.75 Å². The fourth-order valence-electron chi connectivity index (χ4n) is 1.87. The summed E-state index contributed by atoms with van der Waals surface area (Å²) in [5.74, 6) is 0.750. The minimum atomic E-state index is -0.151. The van der Waals surface area contributed by atoms with E-state index in [9.17, 15) is 5.11 Å². The van der Waals surface area contributed by atoms with Gasteiger partial charge in [0.15, 0.2) is 10.8 Å². The first-order valence-electron chi connectivity index (χ1n) is 5.99. The highest BCUT2D eigenvalue weighted by Gasteiger charge is 2.22. The van der Waals surface area contributed by atoms with E-state index in [-0.39, 0.29) is 26.7 Å². The fourth-order valence-corrected chi connectivity index (χ4v) is 3.53. The number of rotatable bonds is 2. The molecular formula is C12H9Cl3N4OS. The van der Waals surface area contributed by atoms with E-state index in [4.69, 9.17) is 34.8 Å². The van der Waals surface area contributed by atoms with Gasteiger partial charge in [0.2, 0.25) is 4.96 Å². The standard InChI is InChI=1S/C12H9Cl3N4OS/c1-4(2)10-16-17-12-19(10)18-11(21-12)7-8(15)5(13)3-6(14)9(7)20/h3-4,20H,1-2H3. The molecule has 0 atom stereocenters. The second-order valence-corrected chi connectivity index (χ2v) is 6.84. The van der Waals surface area contributed by atoms with Crippen molar-refractivity contribution in [1.82, 2.24) is 19.8 Å². The zero-order chi connectivity index (χ0) is 15.3. The number of halogens is 3. The van der Waals surface area contributed by atoms with Crippen LogP contribution in [0.2, 0.25) is 15.1 Å². The van der Waals surface area contributed by atoms with E-state index in [0.29, 0.717) is 15.5 Å². The Balaban J connectivity index is 2.26. The Bertz CT molecular complexity index is 817. The summed E-state index contributed by atoms with van der Waals surface area (Å²) in [6.07, 6.45) is 0. The number of hydrogen-bond acceptors (Lipinski definition) is 5. The Morgan fingerprint density at radius 3 is 2.57 bits per heavy atom. The van der Waals surface area contributed by atoms with Crippen LogP contribution in [0, 0.1) is 0 Å². The maximum atomic E-state index is 10.1. The highest BCUT2D eigenvalue weighted by molar-refractivity contribution is 7.20. The van der Waals surface area contributed by atoms with Crippen molar-refractivity contribution in [1.29, 1.82) is 0 Å². The number of phenols is 1. The van der Waals surface area contributed by atoms with Gasteiger partial charge in [-0.25, -0.2) is 0 Å². The van der Waals surface area contributed by atoms with E-state index in [0.717, 1.165) is 5.82 Å². The topological polar surface area (TPSA) is 63.3 Å². The van der Waals surface area contributed by atoms with Crippen LogP contribution in [0.1, 0.15) is 25.6 Å². The number of phenolic OH excluding ortho intramolecular Hbond substituents is 1. The normalized spacial score (nSPS) is 11.7. The highest BCUT2D eigenvalue weighted by atomic mass is 35.5. The van der Waals surface area contributed by atoms with Crippen LogP contribution < -0.4 is 0 Å². The Kier molecular flexibility index (Phi) is 3.73. The van der Waals surface area contributed by atoms with E-state index >= 15 is 0 Å². The molecule has 1 aromatic carbocycles. The second-order valence-electron chi connectivity index (χ2n) is 4.69. The molecule has 0 radical (unpaired) electrons. The van der Waals surface area contributed by atoms with Crippen LogP contribution in [0.15, 0.2) is 6.07 Å². The summed E-state index contributed by atoms with van der Waals surface area (Å²) in [6.45, 7) is 3.99. The minimum Gasteiger partial charge on any atom is -0.506 e. The molecule has 0 aliphatic heterocycles. The summed E-state index contributed by atoms with van der Waals surface area (Å²) in [6, 6.07) is 1.39. The van der Waals surface area contributed by atoms with Crippen molar-refractivity contribution in [3.8, 4) is 16.3 Å². The molecule has 0 saturated heterocycles. The molecule has 0 aliphatic rings. The van der Waals surface area contributed by atoms with Gasteiger partial charge in [-0.3, -0.25) is 0 Å². The van der Waals surface area contributed by atoms with E-state index in [1.165, 1.54) is 17.4 Å². The molecule has 3 rings (SSSR count). The van der Waals surface area contributed by atoms with Crippen LogP contribution in [-0.2, 0) is 0 Å². The van der Waals surface area contributed by atoms with Crippen LogP contribution in [-0.4, -0.2) is 24.9 Å². The SMILES string of the molecule is CC(C)c1nnc2sc(-c3c(O)c(Cl)cc(Cl)c3Cl)nn12. The Labute approximate surface area is 139 Å². The quantitative estimate of drug-likeness (QED) is 0.674. The Hall–Kier alpha value is -1.08. The monoisotopic (exact) mass is 362 g/mol. The highest BCUT2D eigenvalue weighted by Crippen LogP contribution is 2.45. The summed E-state index contributed by atoms with van der Waals surface area (Å²) in [4.78, 5) is 0.611. The van der Waals surface area contributed by atoms with E-state index < -0.39 is 0 Å². The van der Waals surface area contributed by atoms with Gasteiger partial charge in [-0.1, -0.05) is 60.0 Å². The van der Waals surface area contributed by atoms with Gasteiger partial charge in [0, 0.05) is 5.92 Å². The number of fused-ring (bicyclic) bond motifs is 1. The van der Waals surface area contributed by atoms with Gasteiger partial charge < -0.3 is 5.11 Å². The summed E-state index contributed by atoms with van der Waals surface area (Å²) in [5, 5.41) is 23.8. The van der Waals surface area contributed by atoms with E-state index in [1.54, 1.807) is 4.52 Å². The molecule has 0 amide bonds. The maximum absolute atomic E-state index is 10.1. The Morgan fingerprint density at radius 2 is 1.90 bits per heavy atom. The summed E-state index contributed by atoms with van der Waals surface area (Å²) in [5.41, 5.74) is 0.305. The molecule has 0 aliphatic carbocycles. The molecule has 1 N–H and O–H groups in total. The molecule has 0 unspecified atom stereocenters. The second kappa shape index (κ2) is 5.28. The van der Waals surface area contributed by atoms with Crippen molar-refractivity contribution < 1.29 is 5.11 Å². The van der Waals surface area contributed by atoms with Gasteiger partial charge in [-0.15, -0.1) is 10.2 Å². The summed E-state index contributed by atoms with van der Waals surface area (Å²) >= 11 is 19.4. The molecule has 110 valence electrons. The first-order valence-corrected chi connectivity index (χ1v) is 7.94. The predicted octanol–water partition coefficient (Wildman–Crippen LogP) is 4.64. The van der Waals surface area contributed by atoms with Gasteiger partial charge in [-0.05, 0) is 6.07 Å². The molecular weight excluding hydrogens is 355 g/mol. The molecule has 0 fully saturated rings. The van der Waals surface area contributed by atoms with Gasteiger partial charge in [0.1, 0.15) is 5.75 Å². The molecule has 3 aromatic rings. The third kappa shape index (κ3) is 2.36. The van der Waals surface area contributed by atoms with Crippen LogP contribution in [0.4, 0.5) is 0 Å². The van der Waals surface area contributed by atoms with E-state index in [2.05, 4.69) is 15.3 Å². The molecule has 0 spiro atoms. The van der Waals surface area contributed by atoms with Gasteiger partial charge in [0.05, 0.1) is 20.6 Å². The van der Waals surface area contributed by atoms with Crippen molar-refractivity contribution in [2.45, 2.75) is 19.8 Å². The van der Waals surface area contributed by atoms with Crippen LogP contribution >= 0.6 is 46.1 Å². The number of benzene rings is 1. The predicted molar refractivity (Wildman–Crippen MR) is 84.9 cm³/mol. The number of aromatic hydroxyl groups is 1. The zero-order valence-electron chi connectivity index (χ0n) is 10.9. The summed E-state index contributed by atoms with van der Waals surface area (Å²) < 4.78 is 1.63. The van der Waals surface area contributed by atoms with Crippen LogP contribution in [0.25, 0.3) is 15.5 Å². The fraction of sp³-hybridized carbons (Fsp3) is 0.250. The van der Waals surface area contributed by atoms with E-state index in [1.807, 2.05) is 13.8 Å². The number of hydrogen-bond donors (Lipinski definition) is 1. The van der Waals surface area contributed by atoms with Crippen molar-refractivity contribution in [2.24, 2.45) is 0 Å². The lowest BCUT2D eigenvalue weighted by molar-refractivity contribution is 0.477. The molecule has 9 heteroatoms. The lowest BCUT2D eigenvalue weighted by Gasteiger charge is -2.07. The first-order chi connectivity index (χ1) is 9.90. The maximum Gasteiger partial charge on any atom is 0.234 e. The number of nitrogens with zero attached hydrogens (tertiary/aromatic N) is 4. The lowest BCUT2D eigenvalue weighted by atomic mass is 10.2. The molecule has 0 bridgehead atoms. The molecule has 21 heavy (non-hydrogen) atoms. The largest absolute Gasteiger partial charge is 0.506 e. The number of aromatic nitrogens is 4. The molecule has 5 nitrogen and oxygen atoms in total. The molecule has 0 saturated carbocycles. The zero-order valence-corrected chi connectivity index (χ0v) is 14.0. The first kappa shape index (κ1) is 14.8. The Morgan fingerprint density at radius 1 is 1.19 bits per heavy atom. The van der Waals surface area contributed by atoms with Gasteiger partial charge in [-0.2, -0.15) is 9.61 Å². The van der Waals surface area contributed by atoms with Crippen molar-refractivity contribution in [3.63, 3.8) is 0 Å². The minimum absolute atomic E-state index is 0.120. The van der Waals surface area contributed by atoms with Crippen molar-refractivity contribution in [2.75, 3.05) is 0 Å². The average Bonchev–Trinajstić information content (AvgIpc) is 2.96. The molecule has 2 heterocycles. The molecule has 2 aromatic heterocycles. The van der Waals surface area contributed by atoms with Crippen molar-refractivity contribution >= 4 is 51.1 Å². The smallest absolute Gasteiger partial charge is 0.234 e. The van der Waals surface area contributed by atoms with Gasteiger partial charge in [0.25, 0.3) is 0 Å². The van der Waals surface area contributed by atoms with Crippen molar-refractivity contribution in [3.05, 3.63) is 27.0 Å². The average molecular weight is 364 g/mol. The van der Waals surface area contributed by atoms with Crippen LogP contribution in [0.3, 0.4) is 0 Å².